The SMILES string of the molecule is CCOC(=O)[C@@H]1[C@@H]2c3ccccc3O[C@]1(C)N=c1s/c(=C/c3ccoc3)c(=O)n12. The van der Waals surface area contributed by atoms with Gasteiger partial charge in [0.2, 0.25) is 5.72 Å². The van der Waals surface area contributed by atoms with E-state index in [0.717, 1.165) is 11.1 Å². The van der Waals surface area contributed by atoms with Crippen molar-refractivity contribution < 1.29 is 18.7 Å². The number of aromatic nitrogens is 1. The van der Waals surface area contributed by atoms with Crippen LogP contribution in [-0.2, 0) is 9.53 Å². The molecule has 2 aliphatic heterocycles. The number of furan rings is 1. The van der Waals surface area contributed by atoms with Gasteiger partial charge in [-0.3, -0.25) is 14.2 Å². The van der Waals surface area contributed by atoms with E-state index in [1.54, 1.807) is 43.1 Å². The summed E-state index contributed by atoms with van der Waals surface area (Å²) in [4.78, 5) is 31.5. The van der Waals surface area contributed by atoms with Crippen molar-refractivity contribution >= 4 is 23.4 Å². The average Bonchev–Trinajstić information content (AvgIpc) is 3.29. The molecule has 4 heterocycles. The molecule has 0 unspecified atom stereocenters. The van der Waals surface area contributed by atoms with Crippen molar-refractivity contribution in [3.05, 3.63) is 73.7 Å². The van der Waals surface area contributed by atoms with Gasteiger partial charge in [-0.2, -0.15) is 0 Å². The molecular weight excluding hydrogens is 392 g/mol. The van der Waals surface area contributed by atoms with Gasteiger partial charge in [0.25, 0.3) is 5.56 Å². The highest BCUT2D eigenvalue weighted by Crippen LogP contribution is 2.47. The van der Waals surface area contributed by atoms with Crippen molar-refractivity contribution in [3.8, 4) is 5.75 Å². The van der Waals surface area contributed by atoms with Gasteiger partial charge in [0.05, 0.1) is 29.7 Å². The minimum Gasteiger partial charge on any atom is -0.472 e. The molecule has 3 aromatic rings. The minimum atomic E-state index is -1.16. The first-order valence-electron chi connectivity index (χ1n) is 9.31. The van der Waals surface area contributed by atoms with Crippen LogP contribution in [0.3, 0.4) is 0 Å². The monoisotopic (exact) mass is 410 g/mol. The lowest BCUT2D eigenvalue weighted by molar-refractivity contribution is -0.160. The minimum absolute atomic E-state index is 0.201. The number of carbonyl (C=O) groups is 1. The van der Waals surface area contributed by atoms with Gasteiger partial charge >= 0.3 is 5.97 Å². The fourth-order valence-corrected chi connectivity index (χ4v) is 5.14. The quantitative estimate of drug-likeness (QED) is 0.616. The molecular formula is C21H18N2O5S. The lowest BCUT2D eigenvalue weighted by Gasteiger charge is -2.44. The van der Waals surface area contributed by atoms with Crippen LogP contribution in [0.5, 0.6) is 5.75 Å². The van der Waals surface area contributed by atoms with Crippen LogP contribution in [0.1, 0.15) is 31.0 Å². The van der Waals surface area contributed by atoms with E-state index in [1.165, 1.54) is 11.3 Å². The van der Waals surface area contributed by atoms with Gasteiger partial charge < -0.3 is 13.9 Å². The van der Waals surface area contributed by atoms with E-state index in [-0.39, 0.29) is 12.2 Å². The van der Waals surface area contributed by atoms with E-state index in [9.17, 15) is 9.59 Å². The van der Waals surface area contributed by atoms with E-state index >= 15 is 0 Å². The number of esters is 1. The van der Waals surface area contributed by atoms with Crippen LogP contribution in [0.15, 0.2) is 57.1 Å². The predicted octanol–water partition coefficient (Wildman–Crippen LogP) is 1.84. The standard InChI is InChI=1S/C21H18N2O5S/c1-3-27-19(25)16-17-13-6-4-5-7-14(13)28-21(16,2)22-20-23(17)18(24)15(29-20)10-12-8-9-26-11-12/h4-11,16-17H,3H2,1-2H3/b15-10+/t16-,17-,21-/m0/s1. The Bertz CT molecular complexity index is 1270. The van der Waals surface area contributed by atoms with E-state index in [0.29, 0.717) is 15.1 Å². The molecule has 29 heavy (non-hydrogen) atoms. The lowest BCUT2D eigenvalue weighted by atomic mass is 9.81. The molecule has 0 aliphatic carbocycles. The van der Waals surface area contributed by atoms with E-state index in [2.05, 4.69) is 0 Å². The van der Waals surface area contributed by atoms with Crippen molar-refractivity contribution in [2.24, 2.45) is 10.9 Å². The number of fused-ring (bicyclic) bond motifs is 6. The molecule has 2 aromatic heterocycles. The fraction of sp³-hybridized carbons (Fsp3) is 0.286. The van der Waals surface area contributed by atoms with E-state index in [1.807, 2.05) is 24.3 Å². The molecule has 0 radical (unpaired) electrons. The number of ether oxygens (including phenoxy) is 2. The average molecular weight is 410 g/mol. The van der Waals surface area contributed by atoms with Crippen LogP contribution in [0, 0.1) is 5.92 Å². The second-order valence-electron chi connectivity index (χ2n) is 7.11. The largest absolute Gasteiger partial charge is 0.472 e. The summed E-state index contributed by atoms with van der Waals surface area (Å²) in [5, 5.41) is 0. The number of para-hydroxylation sites is 1. The highest BCUT2D eigenvalue weighted by Gasteiger charge is 2.55. The molecule has 7 nitrogen and oxygen atoms in total. The molecule has 5 rings (SSSR count). The Morgan fingerprint density at radius 3 is 2.97 bits per heavy atom. The Kier molecular flexibility index (Phi) is 3.99. The maximum absolute atomic E-state index is 13.3. The summed E-state index contributed by atoms with van der Waals surface area (Å²) in [6.07, 6.45) is 4.88. The summed E-state index contributed by atoms with van der Waals surface area (Å²) < 4.78 is 18.7. The van der Waals surface area contributed by atoms with Gasteiger partial charge in [-0.15, -0.1) is 0 Å². The topological polar surface area (TPSA) is 83.0 Å². The number of hydrogen-bond donors (Lipinski definition) is 0. The smallest absolute Gasteiger partial charge is 0.317 e. The highest BCUT2D eigenvalue weighted by atomic mass is 32.1. The van der Waals surface area contributed by atoms with Gasteiger partial charge in [-0.25, -0.2) is 4.99 Å². The maximum Gasteiger partial charge on any atom is 0.317 e. The third kappa shape index (κ3) is 2.66. The normalized spacial score (nSPS) is 24.8. The van der Waals surface area contributed by atoms with Gasteiger partial charge in [-0.1, -0.05) is 29.5 Å². The third-order valence-corrected chi connectivity index (χ3v) is 6.24. The third-order valence-electron chi connectivity index (χ3n) is 5.26. The summed E-state index contributed by atoms with van der Waals surface area (Å²) >= 11 is 1.27. The highest BCUT2D eigenvalue weighted by molar-refractivity contribution is 7.07. The van der Waals surface area contributed by atoms with Gasteiger partial charge in [0.1, 0.15) is 11.7 Å². The Morgan fingerprint density at radius 2 is 2.21 bits per heavy atom. The molecule has 0 fully saturated rings. The number of benzene rings is 1. The Labute approximate surface area is 169 Å². The zero-order chi connectivity index (χ0) is 20.2. The molecule has 0 spiro atoms. The van der Waals surface area contributed by atoms with Crippen molar-refractivity contribution in [2.75, 3.05) is 6.61 Å². The van der Waals surface area contributed by atoms with Crippen molar-refractivity contribution in [1.82, 2.24) is 4.57 Å². The molecule has 0 saturated heterocycles. The van der Waals surface area contributed by atoms with Crippen LogP contribution in [0.4, 0.5) is 0 Å². The first-order chi connectivity index (χ1) is 14.0. The van der Waals surface area contributed by atoms with Crippen molar-refractivity contribution in [1.29, 1.82) is 0 Å². The zero-order valence-electron chi connectivity index (χ0n) is 15.8. The van der Waals surface area contributed by atoms with Crippen LogP contribution in [-0.4, -0.2) is 22.9 Å². The van der Waals surface area contributed by atoms with Crippen LogP contribution >= 0.6 is 11.3 Å². The molecule has 2 aliphatic rings. The number of rotatable bonds is 3. The molecule has 1 aromatic carbocycles. The molecule has 0 saturated carbocycles. The van der Waals surface area contributed by atoms with Crippen molar-refractivity contribution in [3.63, 3.8) is 0 Å². The van der Waals surface area contributed by atoms with Crippen LogP contribution < -0.4 is 19.6 Å². The second kappa shape index (κ2) is 6.45. The molecule has 148 valence electrons. The maximum atomic E-state index is 13.3. The molecule has 0 N–H and O–H groups in total. The molecule has 2 bridgehead atoms. The van der Waals surface area contributed by atoms with Crippen LogP contribution in [0.2, 0.25) is 0 Å². The Balaban J connectivity index is 1.80. The fourth-order valence-electron chi connectivity index (χ4n) is 4.04. The summed E-state index contributed by atoms with van der Waals surface area (Å²) in [7, 11) is 0. The van der Waals surface area contributed by atoms with Gasteiger partial charge in [0.15, 0.2) is 4.80 Å². The molecule has 3 atom stereocenters. The van der Waals surface area contributed by atoms with Gasteiger partial charge in [0, 0.05) is 11.1 Å². The first-order valence-corrected chi connectivity index (χ1v) is 10.1. The van der Waals surface area contributed by atoms with Gasteiger partial charge in [-0.05, 0) is 32.1 Å². The predicted molar refractivity (Wildman–Crippen MR) is 105 cm³/mol. The molecule has 8 heteroatoms. The number of hydrogen-bond acceptors (Lipinski definition) is 7. The summed E-state index contributed by atoms with van der Waals surface area (Å²) in [6.45, 7) is 3.76. The number of carbonyl (C=O) groups excluding carboxylic acids is 1. The zero-order valence-corrected chi connectivity index (χ0v) is 16.6. The summed E-state index contributed by atoms with van der Waals surface area (Å²) in [5.74, 6) is -0.574. The summed E-state index contributed by atoms with van der Waals surface area (Å²) in [5.41, 5.74) is 0.200. The Morgan fingerprint density at radius 1 is 1.38 bits per heavy atom. The molecule has 0 amide bonds. The summed E-state index contributed by atoms with van der Waals surface area (Å²) in [6, 6.07) is 8.67. The van der Waals surface area contributed by atoms with Crippen molar-refractivity contribution in [2.45, 2.75) is 25.6 Å². The number of nitrogens with zero attached hydrogens (tertiary/aromatic N) is 2. The lowest BCUT2D eigenvalue weighted by Crippen LogP contribution is -2.58. The second-order valence-corrected chi connectivity index (χ2v) is 8.12. The first kappa shape index (κ1) is 17.9. The Hall–Kier alpha value is -3.13. The van der Waals surface area contributed by atoms with E-state index < -0.39 is 23.7 Å². The van der Waals surface area contributed by atoms with Crippen LogP contribution in [0.25, 0.3) is 6.08 Å². The van der Waals surface area contributed by atoms with E-state index in [4.69, 9.17) is 18.9 Å². The number of thiazole rings is 1.